The molecule has 0 aliphatic rings. The predicted molar refractivity (Wildman–Crippen MR) is 71.5 cm³/mol. The number of halogens is 1. The van der Waals surface area contributed by atoms with Crippen molar-refractivity contribution in [2.24, 2.45) is 0 Å². The fourth-order valence-electron chi connectivity index (χ4n) is 1.33. The normalized spacial score (nSPS) is 10.2. The quantitative estimate of drug-likeness (QED) is 0.868. The Balaban J connectivity index is 2.81. The molecule has 17 heavy (non-hydrogen) atoms. The van der Waals surface area contributed by atoms with Gasteiger partial charge in [-0.2, -0.15) is 5.26 Å². The third kappa shape index (κ3) is 4.41. The molecule has 0 aliphatic heterocycles. The molecule has 0 spiro atoms. The lowest BCUT2D eigenvalue weighted by Crippen LogP contribution is -2.19. The maximum atomic E-state index is 10.7. The van der Waals surface area contributed by atoms with Crippen molar-refractivity contribution in [2.45, 2.75) is 12.3 Å². The number of carbonyl (C=O) groups is 1. The zero-order valence-corrected chi connectivity index (χ0v) is 11.1. The molecule has 3 nitrogen and oxygen atoms in total. The summed E-state index contributed by atoms with van der Waals surface area (Å²) in [6, 6.07) is 7.66. The predicted octanol–water partition coefficient (Wildman–Crippen LogP) is 2.60. The van der Waals surface area contributed by atoms with Crippen LogP contribution in [0, 0.1) is 11.3 Å². The van der Waals surface area contributed by atoms with E-state index in [0.29, 0.717) is 12.1 Å². The molecule has 0 saturated heterocycles. The van der Waals surface area contributed by atoms with Crippen LogP contribution in [0.3, 0.4) is 0 Å². The Kier molecular flexibility index (Phi) is 5.44. The minimum atomic E-state index is -0.0545. The summed E-state index contributed by atoms with van der Waals surface area (Å²) in [6.45, 7) is 1.97. The van der Waals surface area contributed by atoms with Crippen LogP contribution < -0.4 is 5.32 Å². The van der Waals surface area contributed by atoms with Gasteiger partial charge in [-0.05, 0) is 23.3 Å². The molecule has 0 heterocycles. The zero-order valence-electron chi connectivity index (χ0n) is 9.53. The van der Waals surface area contributed by atoms with Crippen LogP contribution in [0.15, 0.2) is 24.3 Å². The lowest BCUT2D eigenvalue weighted by Gasteiger charge is -2.03. The van der Waals surface area contributed by atoms with Crippen LogP contribution in [0.4, 0.5) is 0 Å². The van der Waals surface area contributed by atoms with E-state index in [0.717, 1.165) is 16.5 Å². The Morgan fingerprint density at radius 3 is 2.94 bits per heavy atom. The fraction of sp³-hybridized carbons (Fsp3) is 0.231. The third-order valence-corrected chi connectivity index (χ3v) is 2.79. The van der Waals surface area contributed by atoms with Crippen molar-refractivity contribution in [3.8, 4) is 6.07 Å². The smallest absolute Gasteiger partial charge is 0.217 e. The Labute approximate surface area is 109 Å². The second kappa shape index (κ2) is 6.87. The maximum Gasteiger partial charge on any atom is 0.217 e. The summed E-state index contributed by atoms with van der Waals surface area (Å²) in [5.74, 6) is -0.0545. The highest BCUT2D eigenvalue weighted by molar-refractivity contribution is 9.08. The number of nitrogens with zero attached hydrogens (tertiary/aromatic N) is 1. The number of nitrogens with one attached hydrogen (secondary N) is 1. The second-order valence-corrected chi connectivity index (χ2v) is 4.06. The molecule has 0 bridgehead atoms. The Morgan fingerprint density at radius 2 is 2.35 bits per heavy atom. The number of hydrogen-bond donors (Lipinski definition) is 1. The van der Waals surface area contributed by atoms with Crippen LogP contribution in [0.5, 0.6) is 0 Å². The van der Waals surface area contributed by atoms with Crippen LogP contribution >= 0.6 is 15.9 Å². The lowest BCUT2D eigenvalue weighted by atomic mass is 10.1. The molecule has 1 amide bonds. The van der Waals surface area contributed by atoms with Gasteiger partial charge in [0, 0.05) is 18.8 Å². The van der Waals surface area contributed by atoms with Gasteiger partial charge in [-0.1, -0.05) is 34.1 Å². The third-order valence-electron chi connectivity index (χ3n) is 2.19. The van der Waals surface area contributed by atoms with Gasteiger partial charge < -0.3 is 5.32 Å². The van der Waals surface area contributed by atoms with Crippen LogP contribution in [-0.2, 0) is 10.1 Å². The molecular formula is C13H13BrN2O. The Morgan fingerprint density at radius 1 is 1.59 bits per heavy atom. The van der Waals surface area contributed by atoms with Crippen LogP contribution in [0.25, 0.3) is 6.08 Å². The second-order valence-electron chi connectivity index (χ2n) is 3.50. The topological polar surface area (TPSA) is 52.9 Å². The summed E-state index contributed by atoms with van der Waals surface area (Å²) < 4.78 is 0. The summed E-state index contributed by atoms with van der Waals surface area (Å²) in [7, 11) is 0. The van der Waals surface area contributed by atoms with Crippen molar-refractivity contribution in [2.75, 3.05) is 6.54 Å². The summed E-state index contributed by atoms with van der Waals surface area (Å²) in [5, 5.41) is 12.2. The largest absolute Gasteiger partial charge is 0.353 e. The molecular weight excluding hydrogens is 280 g/mol. The van der Waals surface area contributed by atoms with Gasteiger partial charge in [0.25, 0.3) is 0 Å². The van der Waals surface area contributed by atoms with Gasteiger partial charge in [0.1, 0.15) is 0 Å². The number of hydrogen-bond acceptors (Lipinski definition) is 2. The van der Waals surface area contributed by atoms with Gasteiger partial charge in [-0.3, -0.25) is 4.79 Å². The van der Waals surface area contributed by atoms with E-state index < -0.39 is 0 Å². The lowest BCUT2D eigenvalue weighted by molar-refractivity contribution is -0.118. The summed E-state index contributed by atoms with van der Waals surface area (Å²) >= 11 is 3.40. The van der Waals surface area contributed by atoms with Gasteiger partial charge in [0.2, 0.25) is 5.91 Å². The number of benzene rings is 1. The van der Waals surface area contributed by atoms with E-state index in [9.17, 15) is 4.79 Å². The van der Waals surface area contributed by atoms with E-state index in [1.165, 1.54) is 6.92 Å². The fourth-order valence-corrected chi connectivity index (χ4v) is 1.84. The van der Waals surface area contributed by atoms with E-state index in [1.807, 2.05) is 24.3 Å². The van der Waals surface area contributed by atoms with Gasteiger partial charge >= 0.3 is 0 Å². The molecule has 1 N–H and O–H groups in total. The molecule has 0 radical (unpaired) electrons. The van der Waals surface area contributed by atoms with E-state index in [4.69, 9.17) is 5.26 Å². The first-order chi connectivity index (χ1) is 8.17. The average molecular weight is 293 g/mol. The first-order valence-electron chi connectivity index (χ1n) is 5.17. The first kappa shape index (κ1) is 13.5. The van der Waals surface area contributed by atoms with E-state index >= 15 is 0 Å². The highest BCUT2D eigenvalue weighted by Crippen LogP contribution is 2.16. The number of amides is 1. The van der Waals surface area contributed by atoms with Crippen molar-refractivity contribution in [1.82, 2.24) is 5.32 Å². The Bertz CT molecular complexity index is 475. The van der Waals surface area contributed by atoms with Gasteiger partial charge in [0.05, 0.1) is 11.6 Å². The molecule has 0 fully saturated rings. The molecule has 0 atom stereocenters. The molecule has 0 aliphatic carbocycles. The standard InChI is InChI=1S/C13H13BrN2O/c1-10(17)16-6-2-3-12-7-11(9-15)4-5-13(12)8-14/h2-5,7H,6,8H2,1H3,(H,16,17). The van der Waals surface area contributed by atoms with Crippen molar-refractivity contribution in [1.29, 1.82) is 5.26 Å². The van der Waals surface area contributed by atoms with Gasteiger partial charge in [-0.15, -0.1) is 0 Å². The minimum absolute atomic E-state index is 0.0545. The molecule has 0 saturated carbocycles. The number of nitriles is 1. The van der Waals surface area contributed by atoms with E-state index in [-0.39, 0.29) is 5.91 Å². The minimum Gasteiger partial charge on any atom is -0.353 e. The van der Waals surface area contributed by atoms with Crippen molar-refractivity contribution in [3.63, 3.8) is 0 Å². The molecule has 0 unspecified atom stereocenters. The summed E-state index contributed by atoms with van der Waals surface area (Å²) in [4.78, 5) is 10.7. The molecule has 1 aromatic rings. The number of rotatable bonds is 4. The van der Waals surface area contributed by atoms with Crippen LogP contribution in [0.1, 0.15) is 23.6 Å². The average Bonchev–Trinajstić information content (AvgIpc) is 2.34. The van der Waals surface area contributed by atoms with Crippen LogP contribution in [0.2, 0.25) is 0 Å². The summed E-state index contributed by atoms with van der Waals surface area (Å²) in [5.41, 5.74) is 2.74. The zero-order chi connectivity index (χ0) is 12.7. The SMILES string of the molecule is CC(=O)NCC=Cc1cc(C#N)ccc1CBr. The van der Waals surface area contributed by atoms with Crippen molar-refractivity contribution < 1.29 is 4.79 Å². The number of carbonyl (C=O) groups excluding carboxylic acids is 1. The monoisotopic (exact) mass is 292 g/mol. The van der Waals surface area contributed by atoms with Crippen LogP contribution in [-0.4, -0.2) is 12.5 Å². The highest BCUT2D eigenvalue weighted by Gasteiger charge is 1.99. The van der Waals surface area contributed by atoms with Gasteiger partial charge in [0.15, 0.2) is 0 Å². The van der Waals surface area contributed by atoms with E-state index in [2.05, 4.69) is 27.3 Å². The van der Waals surface area contributed by atoms with E-state index in [1.54, 1.807) is 6.07 Å². The van der Waals surface area contributed by atoms with Crippen molar-refractivity contribution >= 4 is 27.9 Å². The number of alkyl halides is 1. The first-order valence-corrected chi connectivity index (χ1v) is 6.29. The molecule has 0 aromatic heterocycles. The summed E-state index contributed by atoms with van der Waals surface area (Å²) in [6.07, 6.45) is 3.78. The van der Waals surface area contributed by atoms with Crippen molar-refractivity contribution in [3.05, 3.63) is 41.0 Å². The molecule has 1 aromatic carbocycles. The van der Waals surface area contributed by atoms with Gasteiger partial charge in [-0.25, -0.2) is 0 Å². The molecule has 4 heteroatoms. The molecule has 88 valence electrons. The highest BCUT2D eigenvalue weighted by atomic mass is 79.9. The maximum absolute atomic E-state index is 10.7. The Hall–Kier alpha value is -1.60. The molecule has 1 rings (SSSR count).